The Hall–Kier alpha value is -2.08. The predicted molar refractivity (Wildman–Crippen MR) is 123 cm³/mol. The summed E-state index contributed by atoms with van der Waals surface area (Å²) in [5.74, 6) is 1.24. The number of para-hydroxylation sites is 1. The summed E-state index contributed by atoms with van der Waals surface area (Å²) in [5, 5.41) is 3.12. The summed E-state index contributed by atoms with van der Waals surface area (Å²) in [7, 11) is 1.89. The van der Waals surface area contributed by atoms with Gasteiger partial charge in [0.25, 0.3) is 5.91 Å². The number of piperidine rings is 1. The standard InChI is InChI=1S/C25H39N3O3/c1-24(2,3)27(6)22(29)17-28-19-12-13-20(28)15-18(14-19)16-26-23(30)25(4,5)31-21-10-8-7-9-11-21/h7-11,18-20H,12-17H2,1-6H3,(H,26,30)/t18?,19-,20+. The van der Waals surface area contributed by atoms with Crippen molar-refractivity contribution < 1.29 is 14.3 Å². The first-order valence-electron chi connectivity index (χ1n) is 11.5. The largest absolute Gasteiger partial charge is 0.478 e. The molecule has 2 saturated heterocycles. The Balaban J connectivity index is 1.50. The summed E-state index contributed by atoms with van der Waals surface area (Å²) in [6.45, 7) is 11.0. The Bertz CT molecular complexity index is 758. The molecular weight excluding hydrogens is 390 g/mol. The third-order valence-electron chi connectivity index (χ3n) is 6.89. The van der Waals surface area contributed by atoms with Crippen LogP contribution < -0.4 is 10.1 Å². The molecular formula is C25H39N3O3. The van der Waals surface area contributed by atoms with Crippen LogP contribution in [0.15, 0.2) is 30.3 Å². The number of nitrogens with zero attached hydrogens (tertiary/aromatic N) is 2. The van der Waals surface area contributed by atoms with Crippen LogP contribution in [0.5, 0.6) is 5.75 Å². The van der Waals surface area contributed by atoms with E-state index in [4.69, 9.17) is 4.74 Å². The van der Waals surface area contributed by atoms with E-state index in [1.165, 1.54) is 0 Å². The smallest absolute Gasteiger partial charge is 0.263 e. The van der Waals surface area contributed by atoms with E-state index in [1.807, 2.05) is 42.3 Å². The topological polar surface area (TPSA) is 61.9 Å². The lowest BCUT2D eigenvalue weighted by Gasteiger charge is -2.41. The molecule has 1 N–H and O–H groups in total. The highest BCUT2D eigenvalue weighted by Crippen LogP contribution is 2.38. The lowest BCUT2D eigenvalue weighted by atomic mass is 9.90. The van der Waals surface area contributed by atoms with Gasteiger partial charge in [0.15, 0.2) is 5.60 Å². The summed E-state index contributed by atoms with van der Waals surface area (Å²) in [5.41, 5.74) is -1.08. The highest BCUT2D eigenvalue weighted by Gasteiger charge is 2.42. The molecule has 3 atom stereocenters. The van der Waals surface area contributed by atoms with Gasteiger partial charge in [0, 0.05) is 31.2 Å². The van der Waals surface area contributed by atoms with Crippen LogP contribution >= 0.6 is 0 Å². The molecule has 2 fully saturated rings. The second kappa shape index (κ2) is 9.19. The van der Waals surface area contributed by atoms with Crippen molar-refractivity contribution in [3.8, 4) is 5.75 Å². The number of amides is 2. The Morgan fingerprint density at radius 1 is 1.06 bits per heavy atom. The molecule has 1 aromatic carbocycles. The van der Waals surface area contributed by atoms with Crippen molar-refractivity contribution >= 4 is 11.8 Å². The van der Waals surface area contributed by atoms with Gasteiger partial charge in [0.1, 0.15) is 5.75 Å². The number of hydrogen-bond acceptors (Lipinski definition) is 4. The van der Waals surface area contributed by atoms with Gasteiger partial charge in [0.2, 0.25) is 5.91 Å². The summed E-state index contributed by atoms with van der Waals surface area (Å²) >= 11 is 0. The molecule has 1 aromatic rings. The fraction of sp³-hybridized carbons (Fsp3) is 0.680. The van der Waals surface area contributed by atoms with E-state index in [9.17, 15) is 9.59 Å². The quantitative estimate of drug-likeness (QED) is 0.721. The number of carbonyl (C=O) groups excluding carboxylic acids is 2. The van der Waals surface area contributed by atoms with Gasteiger partial charge in [-0.15, -0.1) is 0 Å². The molecule has 0 saturated carbocycles. The molecule has 2 heterocycles. The monoisotopic (exact) mass is 429 g/mol. The SMILES string of the molecule is CN(C(=O)CN1[C@@H]2CC[C@H]1CC(CNC(=O)C(C)(C)Oc1ccccc1)C2)C(C)(C)C. The average molecular weight is 430 g/mol. The maximum absolute atomic E-state index is 12.8. The Morgan fingerprint density at radius 2 is 1.65 bits per heavy atom. The van der Waals surface area contributed by atoms with Gasteiger partial charge in [-0.2, -0.15) is 0 Å². The Kier molecular flexibility index (Phi) is 6.99. The van der Waals surface area contributed by atoms with E-state index in [2.05, 4.69) is 31.0 Å². The minimum Gasteiger partial charge on any atom is -0.478 e. The number of fused-ring (bicyclic) bond motifs is 2. The van der Waals surface area contributed by atoms with Crippen LogP contribution in [0, 0.1) is 5.92 Å². The molecule has 2 bridgehead atoms. The number of likely N-dealkylation sites (N-methyl/N-ethyl adjacent to an activating group) is 1. The van der Waals surface area contributed by atoms with Gasteiger partial charge in [-0.1, -0.05) is 18.2 Å². The van der Waals surface area contributed by atoms with Gasteiger partial charge in [0.05, 0.1) is 6.54 Å². The fourth-order valence-electron chi connectivity index (χ4n) is 4.73. The van der Waals surface area contributed by atoms with E-state index < -0.39 is 5.60 Å². The zero-order chi connectivity index (χ0) is 22.8. The predicted octanol–water partition coefficient (Wildman–Crippen LogP) is 3.46. The Morgan fingerprint density at radius 3 is 2.19 bits per heavy atom. The molecule has 2 aliphatic rings. The molecule has 0 spiro atoms. The van der Waals surface area contributed by atoms with Crippen LogP contribution in [-0.2, 0) is 9.59 Å². The second-order valence-electron chi connectivity index (χ2n) is 10.7. The van der Waals surface area contributed by atoms with E-state index in [-0.39, 0.29) is 17.4 Å². The van der Waals surface area contributed by atoms with Crippen molar-refractivity contribution in [3.05, 3.63) is 30.3 Å². The summed E-state index contributed by atoms with van der Waals surface area (Å²) in [6, 6.07) is 10.3. The number of benzene rings is 1. The van der Waals surface area contributed by atoms with E-state index in [0.29, 0.717) is 36.8 Å². The lowest BCUT2D eigenvalue weighted by Crippen LogP contribution is -2.53. The zero-order valence-electron chi connectivity index (χ0n) is 20.0. The molecule has 172 valence electrons. The third-order valence-corrected chi connectivity index (χ3v) is 6.89. The molecule has 31 heavy (non-hydrogen) atoms. The maximum Gasteiger partial charge on any atom is 0.263 e. The highest BCUT2D eigenvalue weighted by molar-refractivity contribution is 5.84. The molecule has 6 nitrogen and oxygen atoms in total. The molecule has 0 radical (unpaired) electrons. The number of nitrogens with one attached hydrogen (secondary N) is 1. The number of rotatable bonds is 7. The minimum absolute atomic E-state index is 0.0897. The van der Waals surface area contributed by atoms with E-state index in [0.717, 1.165) is 25.7 Å². The molecule has 3 rings (SSSR count). The van der Waals surface area contributed by atoms with Crippen LogP contribution in [0.25, 0.3) is 0 Å². The molecule has 2 amide bonds. The summed E-state index contributed by atoms with van der Waals surface area (Å²) in [4.78, 5) is 29.8. The van der Waals surface area contributed by atoms with Crippen LogP contribution in [0.1, 0.15) is 60.3 Å². The van der Waals surface area contributed by atoms with Crippen LogP contribution in [0.4, 0.5) is 0 Å². The van der Waals surface area contributed by atoms with Crippen molar-refractivity contribution in [1.29, 1.82) is 0 Å². The summed E-state index contributed by atoms with van der Waals surface area (Å²) < 4.78 is 5.91. The second-order valence-corrected chi connectivity index (χ2v) is 10.7. The Labute approximate surface area is 187 Å². The van der Waals surface area contributed by atoms with Gasteiger partial charge in [-0.3, -0.25) is 14.5 Å². The van der Waals surface area contributed by atoms with Crippen molar-refractivity contribution in [2.45, 2.75) is 83.5 Å². The van der Waals surface area contributed by atoms with Gasteiger partial charge in [-0.25, -0.2) is 0 Å². The van der Waals surface area contributed by atoms with Crippen molar-refractivity contribution in [3.63, 3.8) is 0 Å². The molecule has 0 aliphatic carbocycles. The first-order chi connectivity index (χ1) is 14.5. The first-order valence-corrected chi connectivity index (χ1v) is 11.5. The van der Waals surface area contributed by atoms with Crippen LogP contribution in [-0.4, -0.2) is 65.0 Å². The average Bonchev–Trinajstić information content (AvgIpc) is 2.93. The molecule has 0 aromatic heterocycles. The lowest BCUT2D eigenvalue weighted by molar-refractivity contribution is -0.136. The van der Waals surface area contributed by atoms with Gasteiger partial charge >= 0.3 is 0 Å². The number of carbonyl (C=O) groups is 2. The van der Waals surface area contributed by atoms with Gasteiger partial charge in [-0.05, 0) is 78.4 Å². The molecule has 1 unspecified atom stereocenters. The van der Waals surface area contributed by atoms with E-state index >= 15 is 0 Å². The zero-order valence-corrected chi connectivity index (χ0v) is 20.0. The van der Waals surface area contributed by atoms with Crippen LogP contribution in [0.2, 0.25) is 0 Å². The van der Waals surface area contributed by atoms with Gasteiger partial charge < -0.3 is 15.0 Å². The maximum atomic E-state index is 12.8. The normalized spacial score (nSPS) is 24.0. The molecule has 2 aliphatic heterocycles. The van der Waals surface area contributed by atoms with Crippen molar-refractivity contribution in [1.82, 2.24) is 15.1 Å². The minimum atomic E-state index is -0.926. The first kappa shape index (κ1) is 23.6. The summed E-state index contributed by atoms with van der Waals surface area (Å²) in [6.07, 6.45) is 4.35. The fourth-order valence-corrected chi connectivity index (χ4v) is 4.73. The van der Waals surface area contributed by atoms with Crippen molar-refractivity contribution in [2.75, 3.05) is 20.1 Å². The van der Waals surface area contributed by atoms with E-state index in [1.54, 1.807) is 13.8 Å². The molecule has 6 heteroatoms. The van der Waals surface area contributed by atoms with Crippen molar-refractivity contribution in [2.24, 2.45) is 5.92 Å². The third kappa shape index (κ3) is 5.79. The number of hydrogen-bond donors (Lipinski definition) is 1. The highest BCUT2D eigenvalue weighted by atomic mass is 16.5. The number of ether oxygens (including phenoxy) is 1. The van der Waals surface area contributed by atoms with Crippen LogP contribution in [0.3, 0.4) is 0 Å².